The predicted octanol–water partition coefficient (Wildman–Crippen LogP) is 5.23. The molecule has 28 heavy (non-hydrogen) atoms. The van der Waals surface area contributed by atoms with Gasteiger partial charge in [-0.1, -0.05) is 23.7 Å². The van der Waals surface area contributed by atoms with Gasteiger partial charge in [0.05, 0.1) is 10.6 Å². The number of aromatic nitrogens is 3. The number of rotatable bonds is 4. The number of nitrogens with one attached hydrogen (secondary N) is 2. The van der Waals surface area contributed by atoms with Crippen LogP contribution in [0.15, 0.2) is 36.8 Å². The quantitative estimate of drug-likeness (QED) is 0.547. The molecule has 6 nitrogen and oxygen atoms in total. The van der Waals surface area contributed by atoms with Crippen molar-refractivity contribution in [3.8, 4) is 0 Å². The van der Waals surface area contributed by atoms with Crippen molar-refractivity contribution in [1.29, 1.82) is 0 Å². The van der Waals surface area contributed by atoms with Crippen LogP contribution in [0.1, 0.15) is 16.7 Å². The number of nitrogen functional groups attached to an aromatic ring is 1. The number of alkyl halides is 3. The molecule has 0 bridgehead atoms. The molecule has 2 heterocycles. The molecule has 0 fully saturated rings. The second-order valence-corrected chi connectivity index (χ2v) is 6.44. The number of hydrogen-bond donors (Lipinski definition) is 3. The maximum atomic E-state index is 12.7. The molecule has 0 aliphatic rings. The number of anilines is 5. The lowest BCUT2D eigenvalue weighted by Gasteiger charge is -2.15. The average molecular weight is 409 g/mol. The minimum absolute atomic E-state index is 0.00208. The lowest BCUT2D eigenvalue weighted by atomic mass is 10.1. The molecule has 0 atom stereocenters. The second-order valence-electron chi connectivity index (χ2n) is 6.03. The molecule has 0 saturated heterocycles. The first-order valence-corrected chi connectivity index (χ1v) is 8.48. The Morgan fingerprint density at radius 1 is 1.00 bits per heavy atom. The zero-order chi connectivity index (χ0) is 20.5. The largest absolute Gasteiger partial charge is 0.417 e. The zero-order valence-electron chi connectivity index (χ0n) is 14.9. The van der Waals surface area contributed by atoms with Crippen LogP contribution in [0.2, 0.25) is 5.02 Å². The van der Waals surface area contributed by atoms with E-state index in [9.17, 15) is 13.2 Å². The van der Waals surface area contributed by atoms with E-state index in [-0.39, 0.29) is 22.3 Å². The summed E-state index contributed by atoms with van der Waals surface area (Å²) in [5, 5.41) is 5.67. The highest BCUT2D eigenvalue weighted by atomic mass is 35.5. The van der Waals surface area contributed by atoms with Crippen LogP contribution in [0.3, 0.4) is 0 Å². The molecule has 0 aliphatic carbocycles. The standard InChI is InChI=1S/C18H16ClF3N6/c1-9-4-3-5-13(10(9)2)27-16-14(23)17(26-8-25-16)28-15-12(19)6-11(7-24-15)18(20,21)22/h3-8H,23H2,1-2H3,(H2,24,25,26,27,28). The Morgan fingerprint density at radius 3 is 2.32 bits per heavy atom. The SMILES string of the molecule is Cc1cccc(Nc2ncnc(Nc3ncc(C(F)(F)F)cc3Cl)c2N)c1C. The summed E-state index contributed by atoms with van der Waals surface area (Å²) in [5.74, 6) is 0.504. The van der Waals surface area contributed by atoms with Crippen LogP contribution in [0.25, 0.3) is 0 Å². The maximum absolute atomic E-state index is 12.7. The molecule has 1 aromatic carbocycles. The van der Waals surface area contributed by atoms with Crippen molar-refractivity contribution in [1.82, 2.24) is 15.0 Å². The average Bonchev–Trinajstić information content (AvgIpc) is 2.63. The van der Waals surface area contributed by atoms with Crippen LogP contribution in [0, 0.1) is 13.8 Å². The predicted molar refractivity (Wildman–Crippen MR) is 103 cm³/mol. The lowest BCUT2D eigenvalue weighted by Crippen LogP contribution is -2.09. The fourth-order valence-electron chi connectivity index (χ4n) is 2.41. The van der Waals surface area contributed by atoms with Gasteiger partial charge < -0.3 is 16.4 Å². The smallest absolute Gasteiger partial charge is 0.393 e. The van der Waals surface area contributed by atoms with Gasteiger partial charge in [-0.15, -0.1) is 0 Å². The Bertz CT molecular complexity index is 1020. The van der Waals surface area contributed by atoms with Crippen molar-refractivity contribution in [2.45, 2.75) is 20.0 Å². The third kappa shape index (κ3) is 4.09. The van der Waals surface area contributed by atoms with Crippen LogP contribution in [-0.2, 0) is 6.18 Å². The highest BCUT2D eigenvalue weighted by molar-refractivity contribution is 6.33. The van der Waals surface area contributed by atoms with Crippen LogP contribution in [-0.4, -0.2) is 15.0 Å². The second kappa shape index (κ2) is 7.51. The fourth-order valence-corrected chi connectivity index (χ4v) is 2.62. The summed E-state index contributed by atoms with van der Waals surface area (Å²) in [4.78, 5) is 11.9. The van der Waals surface area contributed by atoms with Gasteiger partial charge in [-0.2, -0.15) is 13.2 Å². The van der Waals surface area contributed by atoms with Gasteiger partial charge in [-0.05, 0) is 37.1 Å². The van der Waals surface area contributed by atoms with E-state index in [1.54, 1.807) is 0 Å². The Morgan fingerprint density at radius 2 is 1.68 bits per heavy atom. The number of nitrogens with two attached hydrogens (primary N) is 1. The first-order chi connectivity index (χ1) is 13.2. The monoisotopic (exact) mass is 408 g/mol. The van der Waals surface area contributed by atoms with E-state index in [1.807, 2.05) is 32.0 Å². The van der Waals surface area contributed by atoms with Crippen molar-refractivity contribution in [2.75, 3.05) is 16.4 Å². The van der Waals surface area contributed by atoms with Gasteiger partial charge in [0.15, 0.2) is 11.6 Å². The number of pyridine rings is 1. The van der Waals surface area contributed by atoms with Gasteiger partial charge in [0.2, 0.25) is 0 Å². The molecule has 3 rings (SSSR count). The Hall–Kier alpha value is -3.07. The van der Waals surface area contributed by atoms with Crippen LogP contribution >= 0.6 is 11.6 Å². The number of benzene rings is 1. The molecule has 0 unspecified atom stereocenters. The molecule has 4 N–H and O–H groups in total. The molecule has 0 aliphatic heterocycles. The number of hydrogen-bond acceptors (Lipinski definition) is 6. The van der Waals surface area contributed by atoms with Crippen molar-refractivity contribution in [2.24, 2.45) is 0 Å². The van der Waals surface area contributed by atoms with Gasteiger partial charge in [-0.25, -0.2) is 15.0 Å². The summed E-state index contributed by atoms with van der Waals surface area (Å²) in [7, 11) is 0. The van der Waals surface area contributed by atoms with Gasteiger partial charge >= 0.3 is 6.18 Å². The third-order valence-electron chi connectivity index (χ3n) is 4.15. The van der Waals surface area contributed by atoms with E-state index in [0.717, 1.165) is 22.9 Å². The molecule has 0 saturated carbocycles. The summed E-state index contributed by atoms with van der Waals surface area (Å²) in [6.07, 6.45) is -2.59. The number of nitrogens with zero attached hydrogens (tertiary/aromatic N) is 3. The summed E-state index contributed by atoms with van der Waals surface area (Å²) < 4.78 is 38.2. The molecule has 0 amide bonds. The summed E-state index contributed by atoms with van der Waals surface area (Å²) in [6.45, 7) is 3.94. The summed E-state index contributed by atoms with van der Waals surface area (Å²) in [5.41, 5.74) is 8.28. The van der Waals surface area contributed by atoms with Crippen molar-refractivity contribution in [3.63, 3.8) is 0 Å². The highest BCUT2D eigenvalue weighted by Crippen LogP contribution is 2.34. The van der Waals surface area contributed by atoms with Gasteiger partial charge in [0.1, 0.15) is 17.8 Å². The molecule has 0 spiro atoms. The van der Waals surface area contributed by atoms with Gasteiger partial charge in [0, 0.05) is 11.9 Å². The summed E-state index contributed by atoms with van der Waals surface area (Å²) in [6, 6.07) is 6.54. The normalized spacial score (nSPS) is 11.4. The van der Waals surface area contributed by atoms with Crippen molar-refractivity contribution >= 4 is 40.4 Å². The zero-order valence-corrected chi connectivity index (χ0v) is 15.7. The van der Waals surface area contributed by atoms with E-state index in [2.05, 4.69) is 25.6 Å². The molecule has 10 heteroatoms. The first-order valence-electron chi connectivity index (χ1n) is 8.10. The van der Waals surface area contributed by atoms with Gasteiger partial charge in [0.25, 0.3) is 0 Å². The van der Waals surface area contributed by atoms with Crippen LogP contribution < -0.4 is 16.4 Å². The first kappa shape index (κ1) is 19.7. The van der Waals surface area contributed by atoms with Crippen molar-refractivity contribution < 1.29 is 13.2 Å². The van der Waals surface area contributed by atoms with E-state index in [4.69, 9.17) is 17.3 Å². The van der Waals surface area contributed by atoms with Crippen LogP contribution in [0.5, 0.6) is 0 Å². The molecular weight excluding hydrogens is 393 g/mol. The molecule has 3 aromatic rings. The van der Waals surface area contributed by atoms with E-state index < -0.39 is 11.7 Å². The van der Waals surface area contributed by atoms with E-state index in [1.165, 1.54) is 6.33 Å². The Balaban J connectivity index is 1.89. The van der Waals surface area contributed by atoms with Crippen molar-refractivity contribution in [3.05, 3.63) is 58.5 Å². The third-order valence-corrected chi connectivity index (χ3v) is 4.44. The highest BCUT2D eigenvalue weighted by Gasteiger charge is 2.31. The lowest BCUT2D eigenvalue weighted by molar-refractivity contribution is -0.137. The minimum atomic E-state index is -4.54. The van der Waals surface area contributed by atoms with E-state index in [0.29, 0.717) is 12.0 Å². The Labute approximate surface area is 164 Å². The molecule has 2 aromatic heterocycles. The summed E-state index contributed by atoms with van der Waals surface area (Å²) >= 11 is 5.92. The minimum Gasteiger partial charge on any atom is -0.393 e. The topological polar surface area (TPSA) is 88.8 Å². The number of aryl methyl sites for hydroxylation is 1. The van der Waals surface area contributed by atoms with E-state index >= 15 is 0 Å². The van der Waals surface area contributed by atoms with Crippen LogP contribution in [0.4, 0.5) is 42.0 Å². The molecule has 146 valence electrons. The fraction of sp³-hybridized carbons (Fsp3) is 0.167. The maximum Gasteiger partial charge on any atom is 0.417 e. The molecular formula is C18H16ClF3N6. The van der Waals surface area contributed by atoms with Gasteiger partial charge in [-0.3, -0.25) is 0 Å². The Kier molecular flexibility index (Phi) is 5.28. The molecule has 0 radical (unpaired) electrons. The number of halogens is 4.